The first-order valence-electron chi connectivity index (χ1n) is 7.18. The van der Waals surface area contributed by atoms with Crippen LogP contribution in [-0.2, 0) is 4.79 Å². The maximum atomic E-state index is 11.7. The summed E-state index contributed by atoms with van der Waals surface area (Å²) in [5.74, 6) is 0.506. The number of aryl methyl sites for hydroxylation is 2. The summed E-state index contributed by atoms with van der Waals surface area (Å²) in [4.78, 5) is 11.7. The molecule has 0 atom stereocenters. The maximum absolute atomic E-state index is 11.7. The number of amides is 1. The van der Waals surface area contributed by atoms with Crippen LogP contribution < -0.4 is 10.1 Å². The Morgan fingerprint density at radius 2 is 2.00 bits per heavy atom. The van der Waals surface area contributed by atoms with Crippen LogP contribution in [-0.4, -0.2) is 29.8 Å². The molecule has 1 aromatic rings. The SMILES string of the molecule is Cc1ccc(OCC(=O)NCC2(O)CCCC2)cc1C. The van der Waals surface area contributed by atoms with Gasteiger partial charge >= 0.3 is 0 Å². The number of hydrogen-bond donors (Lipinski definition) is 2. The summed E-state index contributed by atoms with van der Waals surface area (Å²) in [6.07, 6.45) is 3.60. The van der Waals surface area contributed by atoms with Crippen molar-refractivity contribution in [2.75, 3.05) is 13.2 Å². The van der Waals surface area contributed by atoms with E-state index in [0.29, 0.717) is 12.3 Å². The molecule has 2 rings (SSSR count). The van der Waals surface area contributed by atoms with Crippen molar-refractivity contribution >= 4 is 5.91 Å². The molecular formula is C16H23NO3. The summed E-state index contributed by atoms with van der Waals surface area (Å²) in [5, 5.41) is 12.9. The molecule has 1 fully saturated rings. The van der Waals surface area contributed by atoms with E-state index in [1.165, 1.54) is 5.56 Å². The topological polar surface area (TPSA) is 58.6 Å². The van der Waals surface area contributed by atoms with Crippen LogP contribution in [0.5, 0.6) is 5.75 Å². The standard InChI is InChI=1S/C16H23NO3/c1-12-5-6-14(9-13(12)2)20-10-15(18)17-11-16(19)7-3-4-8-16/h5-6,9,19H,3-4,7-8,10-11H2,1-2H3,(H,17,18). The molecule has 4 nitrogen and oxygen atoms in total. The lowest BCUT2D eigenvalue weighted by Crippen LogP contribution is -2.42. The number of hydrogen-bond acceptors (Lipinski definition) is 3. The van der Waals surface area contributed by atoms with Crippen molar-refractivity contribution in [3.8, 4) is 5.75 Å². The second kappa shape index (κ2) is 6.27. The van der Waals surface area contributed by atoms with Gasteiger partial charge in [-0.25, -0.2) is 0 Å². The molecule has 1 aliphatic rings. The van der Waals surface area contributed by atoms with Gasteiger partial charge in [-0.05, 0) is 49.9 Å². The Morgan fingerprint density at radius 1 is 1.30 bits per heavy atom. The molecular weight excluding hydrogens is 254 g/mol. The average Bonchev–Trinajstić information content (AvgIpc) is 2.85. The molecule has 0 aliphatic heterocycles. The third-order valence-corrected chi connectivity index (χ3v) is 4.00. The summed E-state index contributed by atoms with van der Waals surface area (Å²) in [6.45, 7) is 4.35. The van der Waals surface area contributed by atoms with Crippen molar-refractivity contribution in [1.29, 1.82) is 0 Å². The smallest absolute Gasteiger partial charge is 0.258 e. The Bertz CT molecular complexity index is 479. The molecule has 1 aliphatic carbocycles. The monoisotopic (exact) mass is 277 g/mol. The highest BCUT2D eigenvalue weighted by Crippen LogP contribution is 2.28. The average molecular weight is 277 g/mol. The van der Waals surface area contributed by atoms with Gasteiger partial charge in [-0.2, -0.15) is 0 Å². The van der Waals surface area contributed by atoms with Gasteiger partial charge < -0.3 is 15.2 Å². The zero-order valence-electron chi connectivity index (χ0n) is 12.2. The molecule has 0 aromatic heterocycles. The largest absolute Gasteiger partial charge is 0.484 e. The second-order valence-corrected chi connectivity index (χ2v) is 5.74. The number of nitrogens with one attached hydrogen (secondary N) is 1. The van der Waals surface area contributed by atoms with Gasteiger partial charge in [-0.15, -0.1) is 0 Å². The van der Waals surface area contributed by atoms with Gasteiger partial charge in [0.2, 0.25) is 0 Å². The second-order valence-electron chi connectivity index (χ2n) is 5.74. The zero-order chi connectivity index (χ0) is 14.6. The molecule has 1 saturated carbocycles. The van der Waals surface area contributed by atoms with E-state index in [1.54, 1.807) is 0 Å². The first kappa shape index (κ1) is 14.9. The van der Waals surface area contributed by atoms with E-state index in [0.717, 1.165) is 31.2 Å². The highest BCUT2D eigenvalue weighted by atomic mass is 16.5. The Balaban J connectivity index is 1.76. The maximum Gasteiger partial charge on any atom is 0.258 e. The van der Waals surface area contributed by atoms with Crippen LogP contribution >= 0.6 is 0 Å². The number of carbonyl (C=O) groups is 1. The van der Waals surface area contributed by atoms with Crippen LogP contribution in [0.3, 0.4) is 0 Å². The van der Waals surface area contributed by atoms with Gasteiger partial charge in [0.15, 0.2) is 6.61 Å². The van der Waals surface area contributed by atoms with Crippen molar-refractivity contribution in [3.63, 3.8) is 0 Å². The summed E-state index contributed by atoms with van der Waals surface area (Å²) in [6, 6.07) is 5.76. The van der Waals surface area contributed by atoms with Gasteiger partial charge in [0.05, 0.1) is 5.60 Å². The molecule has 0 bridgehead atoms. The van der Waals surface area contributed by atoms with Crippen molar-refractivity contribution in [2.24, 2.45) is 0 Å². The zero-order valence-corrected chi connectivity index (χ0v) is 12.2. The van der Waals surface area contributed by atoms with E-state index < -0.39 is 5.60 Å². The summed E-state index contributed by atoms with van der Waals surface area (Å²) >= 11 is 0. The molecule has 20 heavy (non-hydrogen) atoms. The molecule has 0 radical (unpaired) electrons. The van der Waals surface area contributed by atoms with Crippen molar-refractivity contribution in [3.05, 3.63) is 29.3 Å². The normalized spacial score (nSPS) is 16.9. The van der Waals surface area contributed by atoms with Gasteiger partial charge in [0.1, 0.15) is 5.75 Å². The van der Waals surface area contributed by atoms with Crippen molar-refractivity contribution in [1.82, 2.24) is 5.32 Å². The molecule has 0 heterocycles. The van der Waals surface area contributed by atoms with E-state index in [4.69, 9.17) is 4.74 Å². The fourth-order valence-corrected chi connectivity index (χ4v) is 2.48. The number of ether oxygens (including phenoxy) is 1. The van der Waals surface area contributed by atoms with Crippen LogP contribution in [0, 0.1) is 13.8 Å². The Morgan fingerprint density at radius 3 is 2.65 bits per heavy atom. The fourth-order valence-electron chi connectivity index (χ4n) is 2.48. The minimum Gasteiger partial charge on any atom is -0.484 e. The fraction of sp³-hybridized carbons (Fsp3) is 0.562. The number of carbonyl (C=O) groups excluding carboxylic acids is 1. The molecule has 1 aromatic carbocycles. The predicted molar refractivity (Wildman–Crippen MR) is 77.8 cm³/mol. The van der Waals surface area contributed by atoms with Gasteiger partial charge in [-0.3, -0.25) is 4.79 Å². The van der Waals surface area contributed by atoms with Crippen LogP contribution in [0.1, 0.15) is 36.8 Å². The van der Waals surface area contributed by atoms with Crippen LogP contribution in [0.2, 0.25) is 0 Å². The predicted octanol–water partition coefficient (Wildman–Crippen LogP) is 2.10. The summed E-state index contributed by atoms with van der Waals surface area (Å²) in [7, 11) is 0. The van der Waals surface area contributed by atoms with Gasteiger partial charge in [-0.1, -0.05) is 18.9 Å². The van der Waals surface area contributed by atoms with Crippen LogP contribution in [0.4, 0.5) is 0 Å². The number of aliphatic hydroxyl groups is 1. The van der Waals surface area contributed by atoms with E-state index in [1.807, 2.05) is 32.0 Å². The highest BCUT2D eigenvalue weighted by molar-refractivity contribution is 5.77. The van der Waals surface area contributed by atoms with E-state index >= 15 is 0 Å². The summed E-state index contributed by atoms with van der Waals surface area (Å²) < 4.78 is 5.46. The third kappa shape index (κ3) is 3.97. The Labute approximate surface area is 120 Å². The Kier molecular flexibility index (Phi) is 4.65. The quantitative estimate of drug-likeness (QED) is 0.866. The molecule has 0 saturated heterocycles. The molecule has 0 spiro atoms. The van der Waals surface area contributed by atoms with E-state index in [-0.39, 0.29) is 12.5 Å². The third-order valence-electron chi connectivity index (χ3n) is 4.00. The molecule has 2 N–H and O–H groups in total. The lowest BCUT2D eigenvalue weighted by atomic mass is 10.0. The first-order valence-corrected chi connectivity index (χ1v) is 7.18. The lowest BCUT2D eigenvalue weighted by molar-refractivity contribution is -0.124. The van der Waals surface area contributed by atoms with Gasteiger partial charge in [0, 0.05) is 6.54 Å². The lowest BCUT2D eigenvalue weighted by Gasteiger charge is -2.22. The van der Waals surface area contributed by atoms with Crippen LogP contribution in [0.15, 0.2) is 18.2 Å². The minimum atomic E-state index is -0.712. The molecule has 0 unspecified atom stereocenters. The summed E-state index contributed by atoms with van der Waals surface area (Å²) in [5.41, 5.74) is 1.63. The highest BCUT2D eigenvalue weighted by Gasteiger charge is 2.31. The number of rotatable bonds is 5. The molecule has 4 heteroatoms. The van der Waals surface area contributed by atoms with Gasteiger partial charge in [0.25, 0.3) is 5.91 Å². The Hall–Kier alpha value is -1.55. The van der Waals surface area contributed by atoms with Crippen molar-refractivity contribution in [2.45, 2.75) is 45.1 Å². The first-order chi connectivity index (χ1) is 9.48. The van der Waals surface area contributed by atoms with E-state index in [9.17, 15) is 9.90 Å². The number of benzene rings is 1. The van der Waals surface area contributed by atoms with Crippen molar-refractivity contribution < 1.29 is 14.6 Å². The molecule has 110 valence electrons. The van der Waals surface area contributed by atoms with E-state index in [2.05, 4.69) is 5.32 Å². The van der Waals surface area contributed by atoms with Crippen LogP contribution in [0.25, 0.3) is 0 Å². The molecule has 1 amide bonds. The minimum absolute atomic E-state index is 0.0153.